The minimum atomic E-state index is -1.82. The van der Waals surface area contributed by atoms with Crippen molar-refractivity contribution in [1.29, 1.82) is 5.26 Å². The van der Waals surface area contributed by atoms with E-state index in [9.17, 15) is 26.3 Å². The number of rotatable bonds is 8. The van der Waals surface area contributed by atoms with Crippen molar-refractivity contribution in [3.63, 3.8) is 0 Å². The van der Waals surface area contributed by atoms with Crippen molar-refractivity contribution in [1.82, 2.24) is 20.2 Å². The van der Waals surface area contributed by atoms with Crippen molar-refractivity contribution >= 4 is 56.6 Å². The number of alkyl halides is 1. The molecule has 0 unspecified atom stereocenters. The van der Waals surface area contributed by atoms with Crippen LogP contribution in [0.25, 0.3) is 22.8 Å². The highest BCUT2D eigenvalue weighted by molar-refractivity contribution is 7.17. The molecular formula is C35H33ClF7N7OS. The molecule has 1 aromatic carbocycles. The monoisotopic (exact) mass is 767 g/mol. The lowest BCUT2D eigenvalue weighted by atomic mass is 9.94. The number of hydrogen-bond donors (Lipinski definition) is 2. The molecule has 7 rings (SSSR count). The van der Waals surface area contributed by atoms with E-state index in [0.717, 1.165) is 29.9 Å². The summed E-state index contributed by atoms with van der Waals surface area (Å²) >= 11 is 7.49. The summed E-state index contributed by atoms with van der Waals surface area (Å²) in [7, 11) is 0.500. The Morgan fingerprint density at radius 1 is 1.21 bits per heavy atom. The zero-order chi connectivity index (χ0) is 37.4. The quantitative estimate of drug-likeness (QED) is 0.174. The fourth-order valence-electron chi connectivity index (χ4n) is 7.66. The number of nitrogens with two attached hydrogens (primary N) is 1. The highest BCUT2D eigenvalue weighted by atomic mass is 35.5. The Morgan fingerprint density at radius 3 is 2.71 bits per heavy atom. The van der Waals surface area contributed by atoms with Crippen LogP contribution in [0.2, 0.25) is 5.02 Å². The van der Waals surface area contributed by atoms with Crippen LogP contribution in [0.3, 0.4) is 0 Å². The maximum atomic E-state index is 16.4. The minimum Gasteiger partial charge on any atom is -0.461 e. The van der Waals surface area contributed by atoms with Crippen molar-refractivity contribution in [2.75, 3.05) is 50.6 Å². The average molecular weight is 768 g/mol. The lowest BCUT2D eigenvalue weighted by Gasteiger charge is -2.40. The number of ether oxygens (including phenoxy) is 1. The Hall–Kier alpha value is -4.17. The van der Waals surface area contributed by atoms with Crippen LogP contribution in [0.1, 0.15) is 48.1 Å². The Balaban J connectivity index is 0.00000228. The summed E-state index contributed by atoms with van der Waals surface area (Å²) in [6, 6.07) is 4.31. The number of thiophene rings is 1. The molecule has 0 spiro atoms. The van der Waals surface area contributed by atoms with Gasteiger partial charge in [-0.15, -0.1) is 11.3 Å². The van der Waals surface area contributed by atoms with Crippen molar-refractivity contribution in [3.05, 3.63) is 74.9 Å². The second-order valence-corrected chi connectivity index (χ2v) is 14.6. The maximum Gasteiger partial charge on any atom is 0.319 e. The number of hydrogen-bond acceptors (Lipinski definition) is 9. The van der Waals surface area contributed by atoms with E-state index in [2.05, 4.69) is 15.3 Å². The molecule has 17 heteroatoms. The third kappa shape index (κ3) is 7.23. The minimum absolute atomic E-state index is 0.0224. The second kappa shape index (κ2) is 15.1. The molecule has 0 saturated carbocycles. The first-order chi connectivity index (χ1) is 24.9. The zero-order valence-electron chi connectivity index (χ0n) is 27.8. The first-order valence-corrected chi connectivity index (χ1v) is 17.5. The maximum absolute atomic E-state index is 16.4. The van der Waals surface area contributed by atoms with Gasteiger partial charge in [0.25, 0.3) is 12.2 Å². The summed E-state index contributed by atoms with van der Waals surface area (Å²) in [6.45, 7) is 1.22. The summed E-state index contributed by atoms with van der Waals surface area (Å²) in [5, 5.41) is 12.7. The van der Waals surface area contributed by atoms with Crippen LogP contribution in [0.4, 0.5) is 41.6 Å². The predicted molar refractivity (Wildman–Crippen MR) is 187 cm³/mol. The Kier molecular flexibility index (Phi) is 10.9. The Morgan fingerprint density at radius 2 is 2.00 bits per heavy atom. The molecule has 0 aliphatic carbocycles. The number of nitrogen functional groups attached to an aromatic ring is 1. The molecule has 0 radical (unpaired) electrons. The fraction of sp³-hybridized carbons (Fsp3) is 0.400. The standard InChI is InChI=1S/C34H30ClF6N7OS.CH3F/c35-23-10-22-28(27(39)21(23)3-1-4-24(36)25-9-18(13-42)30(43)50-25)44-32(49-17-34-6-2-8-48(34)14-19(11-34)29(40)41)45-31(22)47-15-20-5-7-33(16-47,46-20)12-26(37)38;1-2/h1,3-4,9-10,12,20,46H,2,5-8,11,14-17,43H2;1H3/b3-1+,24-4+;/t20-,33-,34+;/m1./s1. The van der Waals surface area contributed by atoms with E-state index in [1.165, 1.54) is 24.3 Å². The fourth-order valence-corrected chi connectivity index (χ4v) is 8.71. The van der Waals surface area contributed by atoms with Gasteiger partial charge in [0.2, 0.25) is 0 Å². The number of piperazine rings is 1. The molecule has 2 bridgehead atoms. The van der Waals surface area contributed by atoms with Crippen LogP contribution in [-0.2, 0) is 0 Å². The molecule has 6 heterocycles. The van der Waals surface area contributed by atoms with Gasteiger partial charge in [-0.1, -0.05) is 23.8 Å². The van der Waals surface area contributed by atoms with Gasteiger partial charge in [0.1, 0.15) is 34.8 Å². The molecule has 276 valence electrons. The van der Waals surface area contributed by atoms with E-state index >= 15 is 4.39 Å². The van der Waals surface area contributed by atoms with Gasteiger partial charge in [0, 0.05) is 48.3 Å². The van der Waals surface area contributed by atoms with Crippen LogP contribution in [0.5, 0.6) is 6.01 Å². The van der Waals surface area contributed by atoms with E-state index in [1.54, 1.807) is 4.90 Å². The molecule has 3 aromatic rings. The molecule has 4 saturated heterocycles. The molecule has 3 N–H and O–H groups in total. The van der Waals surface area contributed by atoms with Gasteiger partial charge in [0.15, 0.2) is 5.82 Å². The summed E-state index contributed by atoms with van der Waals surface area (Å²) in [4.78, 5) is 12.9. The van der Waals surface area contributed by atoms with E-state index in [1.807, 2.05) is 11.0 Å². The van der Waals surface area contributed by atoms with Crippen molar-refractivity contribution < 1.29 is 35.5 Å². The first kappa shape index (κ1) is 37.6. The SMILES string of the molecule is CF.N#Cc1cc(/C(F)=C\C=C\c2c(Cl)cc3c(N4C[C@H]5CC[C@@](C=C(F)F)(C4)N5)nc(OC[C@@]45CCCN4CC(=C(F)F)C5)nc3c2F)sc1N. The predicted octanol–water partition coefficient (Wildman–Crippen LogP) is 8.41. The van der Waals surface area contributed by atoms with Crippen LogP contribution in [0, 0.1) is 17.1 Å². The van der Waals surface area contributed by atoms with Crippen LogP contribution < -0.4 is 20.7 Å². The molecule has 4 fully saturated rings. The van der Waals surface area contributed by atoms with Crippen molar-refractivity contribution in [2.24, 2.45) is 0 Å². The van der Waals surface area contributed by atoms with E-state index in [-0.39, 0.29) is 86.5 Å². The van der Waals surface area contributed by atoms with E-state index in [0.29, 0.717) is 39.5 Å². The van der Waals surface area contributed by atoms with Crippen molar-refractivity contribution in [2.45, 2.75) is 49.2 Å². The smallest absolute Gasteiger partial charge is 0.319 e. The summed E-state index contributed by atoms with van der Waals surface area (Å²) < 4.78 is 101. The number of nitrogens with zero attached hydrogens (tertiary/aromatic N) is 5. The van der Waals surface area contributed by atoms with Crippen LogP contribution >= 0.6 is 22.9 Å². The highest BCUT2D eigenvalue weighted by Gasteiger charge is 2.49. The number of benzene rings is 1. The lowest BCUT2D eigenvalue weighted by Crippen LogP contribution is -2.59. The second-order valence-electron chi connectivity index (χ2n) is 13.1. The number of fused-ring (bicyclic) bond motifs is 4. The largest absolute Gasteiger partial charge is 0.461 e. The third-order valence-electron chi connectivity index (χ3n) is 9.93. The summed E-state index contributed by atoms with van der Waals surface area (Å²) in [6.07, 6.45) is 3.61. The van der Waals surface area contributed by atoms with Gasteiger partial charge >= 0.3 is 6.01 Å². The molecule has 4 aliphatic heterocycles. The Bertz CT molecular complexity index is 2040. The van der Waals surface area contributed by atoms with Crippen LogP contribution in [0.15, 0.2) is 48.1 Å². The normalized spacial score (nSPS) is 24.2. The number of halogens is 8. The number of allylic oxidation sites excluding steroid dienone is 2. The average Bonchev–Trinajstić information content (AvgIpc) is 3.86. The van der Waals surface area contributed by atoms with Gasteiger partial charge in [-0.2, -0.15) is 32.8 Å². The first-order valence-electron chi connectivity index (χ1n) is 16.3. The number of anilines is 2. The summed E-state index contributed by atoms with van der Waals surface area (Å²) in [5.41, 5.74) is 3.94. The van der Waals surface area contributed by atoms with Gasteiger partial charge in [-0.05, 0) is 56.9 Å². The van der Waals surface area contributed by atoms with Gasteiger partial charge in [-0.3, -0.25) is 9.29 Å². The van der Waals surface area contributed by atoms with E-state index < -0.39 is 34.9 Å². The number of aromatic nitrogens is 2. The van der Waals surface area contributed by atoms with Gasteiger partial charge in [-0.25, -0.2) is 8.78 Å². The van der Waals surface area contributed by atoms with Gasteiger partial charge < -0.3 is 20.7 Å². The summed E-state index contributed by atoms with van der Waals surface area (Å²) in [5.74, 6) is -1.33. The van der Waals surface area contributed by atoms with Crippen molar-refractivity contribution in [3.8, 4) is 12.1 Å². The molecule has 3 atom stereocenters. The molecule has 4 aliphatic rings. The zero-order valence-corrected chi connectivity index (χ0v) is 29.3. The molecular weight excluding hydrogens is 735 g/mol. The molecule has 2 aromatic heterocycles. The Labute approximate surface area is 303 Å². The molecule has 8 nitrogen and oxygen atoms in total. The lowest BCUT2D eigenvalue weighted by molar-refractivity contribution is 0.108. The number of nitriles is 1. The molecule has 52 heavy (non-hydrogen) atoms. The van der Waals surface area contributed by atoms with Gasteiger partial charge in [0.05, 0.1) is 33.7 Å². The molecule has 0 amide bonds. The third-order valence-corrected chi connectivity index (χ3v) is 11.2. The highest BCUT2D eigenvalue weighted by Crippen LogP contribution is 2.44. The topological polar surface area (TPSA) is 103 Å². The number of nitrogens with one attached hydrogen (secondary N) is 1. The van der Waals surface area contributed by atoms with Crippen LogP contribution in [-0.4, -0.2) is 72.0 Å². The van der Waals surface area contributed by atoms with E-state index in [4.69, 9.17) is 27.3 Å².